The summed E-state index contributed by atoms with van der Waals surface area (Å²) >= 11 is 1.82. The molecular weight excluding hydrogens is 276 g/mol. The van der Waals surface area contributed by atoms with E-state index in [-0.39, 0.29) is 6.04 Å². The zero-order chi connectivity index (χ0) is 14.5. The highest BCUT2D eigenvalue weighted by atomic mass is 32.2. The summed E-state index contributed by atoms with van der Waals surface area (Å²) in [5.74, 6) is 1.14. The molecule has 0 saturated carbocycles. The largest absolute Gasteiger partial charge is 0.354 e. The van der Waals surface area contributed by atoms with E-state index < -0.39 is 0 Å². The Kier molecular flexibility index (Phi) is 4.61. The van der Waals surface area contributed by atoms with Crippen LogP contribution < -0.4 is 5.32 Å². The Hall–Kier alpha value is -1.74. The van der Waals surface area contributed by atoms with Gasteiger partial charge in [0.15, 0.2) is 5.17 Å². The highest BCUT2D eigenvalue weighted by molar-refractivity contribution is 8.13. The Morgan fingerprint density at radius 1 is 1.00 bits per heavy atom. The molecule has 1 N–H and O–H groups in total. The molecule has 1 heterocycles. The van der Waals surface area contributed by atoms with E-state index >= 15 is 0 Å². The fourth-order valence-electron chi connectivity index (χ4n) is 2.48. The van der Waals surface area contributed by atoms with Crippen molar-refractivity contribution in [3.05, 3.63) is 71.8 Å². The lowest BCUT2D eigenvalue weighted by molar-refractivity contribution is 0.697. The molecule has 3 rings (SSSR count). The third-order valence-electron chi connectivity index (χ3n) is 3.65. The predicted molar refractivity (Wildman–Crippen MR) is 91.8 cm³/mol. The van der Waals surface area contributed by atoms with Crippen LogP contribution in [0.3, 0.4) is 0 Å². The first-order valence-electron chi connectivity index (χ1n) is 7.40. The van der Waals surface area contributed by atoms with Gasteiger partial charge in [0, 0.05) is 5.75 Å². The number of hydrogen-bond acceptors (Lipinski definition) is 3. The summed E-state index contributed by atoms with van der Waals surface area (Å²) in [6.45, 7) is 2.18. The third kappa shape index (κ3) is 3.67. The first-order valence-corrected chi connectivity index (χ1v) is 8.38. The molecule has 0 aromatic heterocycles. The summed E-state index contributed by atoms with van der Waals surface area (Å²) in [5, 5.41) is 4.69. The van der Waals surface area contributed by atoms with Crippen LogP contribution in [0.15, 0.2) is 65.7 Å². The Morgan fingerprint density at radius 3 is 2.10 bits per heavy atom. The molecule has 2 aromatic rings. The van der Waals surface area contributed by atoms with Crippen molar-refractivity contribution >= 4 is 16.9 Å². The SMILES string of the molecule is CC1CCSC(NC(c2ccccc2)c2ccccc2)=N1. The number of nitrogens with zero attached hydrogens (tertiary/aromatic N) is 1. The molecule has 0 saturated heterocycles. The second-order valence-electron chi connectivity index (χ2n) is 5.32. The van der Waals surface area contributed by atoms with Gasteiger partial charge in [0.2, 0.25) is 0 Å². The molecule has 1 unspecified atom stereocenters. The van der Waals surface area contributed by atoms with Crippen LogP contribution in [-0.4, -0.2) is 17.0 Å². The third-order valence-corrected chi connectivity index (χ3v) is 4.58. The average molecular weight is 296 g/mol. The number of rotatable bonds is 3. The van der Waals surface area contributed by atoms with Gasteiger partial charge in [0.25, 0.3) is 0 Å². The monoisotopic (exact) mass is 296 g/mol. The fraction of sp³-hybridized carbons (Fsp3) is 0.278. The number of hydrogen-bond donors (Lipinski definition) is 1. The smallest absolute Gasteiger partial charge is 0.157 e. The van der Waals surface area contributed by atoms with Crippen molar-refractivity contribution in [3.63, 3.8) is 0 Å². The molecule has 108 valence electrons. The van der Waals surface area contributed by atoms with Crippen molar-refractivity contribution < 1.29 is 0 Å². The van der Waals surface area contributed by atoms with E-state index in [1.807, 2.05) is 11.8 Å². The predicted octanol–water partition coefficient (Wildman–Crippen LogP) is 4.25. The minimum Gasteiger partial charge on any atom is -0.354 e. The van der Waals surface area contributed by atoms with E-state index in [1.165, 1.54) is 11.1 Å². The van der Waals surface area contributed by atoms with Crippen LogP contribution in [0.2, 0.25) is 0 Å². The van der Waals surface area contributed by atoms with Gasteiger partial charge in [-0.1, -0.05) is 72.4 Å². The van der Waals surface area contributed by atoms with Crippen LogP contribution in [0, 0.1) is 0 Å². The molecule has 3 heteroatoms. The van der Waals surface area contributed by atoms with Gasteiger partial charge >= 0.3 is 0 Å². The lowest BCUT2D eigenvalue weighted by Crippen LogP contribution is -2.30. The number of thioether (sulfide) groups is 1. The maximum Gasteiger partial charge on any atom is 0.157 e. The van der Waals surface area contributed by atoms with Crippen molar-refractivity contribution in [1.82, 2.24) is 5.32 Å². The summed E-state index contributed by atoms with van der Waals surface area (Å²) in [4.78, 5) is 4.74. The molecule has 0 fully saturated rings. The van der Waals surface area contributed by atoms with Gasteiger partial charge in [-0.15, -0.1) is 0 Å². The van der Waals surface area contributed by atoms with Crippen LogP contribution in [0.25, 0.3) is 0 Å². The summed E-state index contributed by atoms with van der Waals surface area (Å²) in [7, 11) is 0. The second kappa shape index (κ2) is 6.81. The van der Waals surface area contributed by atoms with E-state index in [4.69, 9.17) is 4.99 Å². The molecule has 2 nitrogen and oxygen atoms in total. The zero-order valence-electron chi connectivity index (χ0n) is 12.2. The first kappa shape index (κ1) is 14.2. The summed E-state index contributed by atoms with van der Waals surface area (Å²) in [6, 6.07) is 21.7. The van der Waals surface area contributed by atoms with Gasteiger partial charge in [-0.2, -0.15) is 0 Å². The molecule has 1 aliphatic rings. The molecule has 1 atom stereocenters. The summed E-state index contributed by atoms with van der Waals surface area (Å²) < 4.78 is 0. The first-order chi connectivity index (χ1) is 10.3. The maximum atomic E-state index is 4.74. The zero-order valence-corrected chi connectivity index (χ0v) is 13.0. The molecule has 0 bridgehead atoms. The lowest BCUT2D eigenvalue weighted by atomic mass is 9.99. The summed E-state index contributed by atoms with van der Waals surface area (Å²) in [5.41, 5.74) is 2.54. The highest BCUT2D eigenvalue weighted by Crippen LogP contribution is 2.25. The van der Waals surface area contributed by atoms with E-state index in [9.17, 15) is 0 Å². The maximum absolute atomic E-state index is 4.74. The summed E-state index contributed by atoms with van der Waals surface area (Å²) in [6.07, 6.45) is 1.16. The van der Waals surface area contributed by atoms with Crippen LogP contribution in [-0.2, 0) is 0 Å². The topological polar surface area (TPSA) is 24.4 Å². The van der Waals surface area contributed by atoms with Gasteiger partial charge in [-0.05, 0) is 24.5 Å². The number of amidine groups is 1. The Bertz CT molecular complexity index is 556. The minimum atomic E-state index is 0.156. The number of aliphatic imine (C=N–C) groups is 1. The van der Waals surface area contributed by atoms with Gasteiger partial charge in [-0.25, -0.2) is 0 Å². The number of nitrogens with one attached hydrogen (secondary N) is 1. The van der Waals surface area contributed by atoms with Crippen LogP contribution >= 0.6 is 11.8 Å². The van der Waals surface area contributed by atoms with Crippen molar-refractivity contribution in [2.24, 2.45) is 4.99 Å². The molecule has 21 heavy (non-hydrogen) atoms. The normalized spacial score (nSPS) is 18.4. The van der Waals surface area contributed by atoms with Crippen molar-refractivity contribution in [2.75, 3.05) is 5.75 Å². The second-order valence-corrected chi connectivity index (χ2v) is 6.40. The quantitative estimate of drug-likeness (QED) is 0.916. The highest BCUT2D eigenvalue weighted by Gasteiger charge is 2.18. The van der Waals surface area contributed by atoms with Crippen molar-refractivity contribution in [3.8, 4) is 0 Å². The van der Waals surface area contributed by atoms with Gasteiger partial charge < -0.3 is 5.32 Å². The average Bonchev–Trinajstić information content (AvgIpc) is 2.54. The van der Waals surface area contributed by atoms with Crippen LogP contribution in [0.4, 0.5) is 0 Å². The Labute approximate surface area is 130 Å². The molecule has 0 amide bonds. The Balaban J connectivity index is 1.90. The van der Waals surface area contributed by atoms with E-state index in [0.717, 1.165) is 17.3 Å². The van der Waals surface area contributed by atoms with Gasteiger partial charge in [0.1, 0.15) is 0 Å². The van der Waals surface area contributed by atoms with Crippen molar-refractivity contribution in [1.29, 1.82) is 0 Å². The van der Waals surface area contributed by atoms with Crippen LogP contribution in [0.5, 0.6) is 0 Å². The molecule has 0 spiro atoms. The molecule has 0 aliphatic carbocycles. The standard InChI is InChI=1S/C18H20N2S/c1-14-12-13-21-18(19-14)20-17(15-8-4-2-5-9-15)16-10-6-3-7-11-16/h2-11,14,17H,12-13H2,1H3,(H,19,20). The Morgan fingerprint density at radius 2 is 1.57 bits per heavy atom. The van der Waals surface area contributed by atoms with Gasteiger partial charge in [-0.3, -0.25) is 4.99 Å². The number of benzene rings is 2. The van der Waals surface area contributed by atoms with E-state index in [1.54, 1.807) is 0 Å². The van der Waals surface area contributed by atoms with Gasteiger partial charge in [0.05, 0.1) is 12.1 Å². The van der Waals surface area contributed by atoms with E-state index in [0.29, 0.717) is 6.04 Å². The lowest BCUT2D eigenvalue weighted by Gasteiger charge is -2.24. The molecule has 2 aromatic carbocycles. The molecule has 0 radical (unpaired) electrons. The van der Waals surface area contributed by atoms with Crippen LogP contribution in [0.1, 0.15) is 30.5 Å². The molecule has 1 aliphatic heterocycles. The van der Waals surface area contributed by atoms with E-state index in [2.05, 4.69) is 72.9 Å². The minimum absolute atomic E-state index is 0.156. The molecular formula is C18H20N2S. The van der Waals surface area contributed by atoms with Crippen molar-refractivity contribution in [2.45, 2.75) is 25.4 Å². The fourth-order valence-corrected chi connectivity index (χ4v) is 3.59.